The minimum absolute atomic E-state index is 1.17. The zero-order chi connectivity index (χ0) is 5.98. The van der Waals surface area contributed by atoms with Gasteiger partial charge < -0.3 is 0 Å². The van der Waals surface area contributed by atoms with Gasteiger partial charge in [0.1, 0.15) is 0 Å². The molecule has 0 aromatic rings. The highest BCUT2D eigenvalue weighted by molar-refractivity contribution is 8.03. The van der Waals surface area contributed by atoms with E-state index >= 15 is 0 Å². The molecule has 0 saturated carbocycles. The SMILES string of the molecule is CC(C)=C1C=CCS1. The molecule has 0 nitrogen and oxygen atoms in total. The van der Waals surface area contributed by atoms with Crippen molar-refractivity contribution in [2.45, 2.75) is 13.8 Å². The van der Waals surface area contributed by atoms with Gasteiger partial charge in [-0.3, -0.25) is 0 Å². The average Bonchev–Trinajstić information content (AvgIpc) is 2.12. The summed E-state index contributed by atoms with van der Waals surface area (Å²) in [4.78, 5) is 1.45. The number of allylic oxidation sites excluding steroid dienone is 2. The first kappa shape index (κ1) is 5.96. The van der Waals surface area contributed by atoms with Crippen LogP contribution < -0.4 is 0 Å². The fourth-order valence-electron chi connectivity index (χ4n) is 0.652. The summed E-state index contributed by atoms with van der Waals surface area (Å²) >= 11 is 1.92. The minimum atomic E-state index is 1.17. The van der Waals surface area contributed by atoms with Crippen LogP contribution in [0.4, 0.5) is 0 Å². The van der Waals surface area contributed by atoms with Crippen molar-refractivity contribution in [3.05, 3.63) is 22.6 Å². The van der Waals surface area contributed by atoms with Crippen molar-refractivity contribution in [2.75, 3.05) is 5.75 Å². The van der Waals surface area contributed by atoms with Crippen molar-refractivity contribution in [1.29, 1.82) is 0 Å². The predicted molar refractivity (Wildman–Crippen MR) is 40.0 cm³/mol. The molecule has 0 atom stereocenters. The van der Waals surface area contributed by atoms with Crippen LogP contribution in [0, 0.1) is 0 Å². The molecule has 1 aliphatic rings. The topological polar surface area (TPSA) is 0 Å². The first-order valence-corrected chi connectivity index (χ1v) is 3.76. The quantitative estimate of drug-likeness (QED) is 0.480. The van der Waals surface area contributed by atoms with Gasteiger partial charge in [0.15, 0.2) is 0 Å². The van der Waals surface area contributed by atoms with Crippen molar-refractivity contribution in [3.63, 3.8) is 0 Å². The summed E-state index contributed by atoms with van der Waals surface area (Å²) in [5.74, 6) is 1.17. The largest absolute Gasteiger partial charge is 0.122 e. The molecular weight excluding hydrogens is 116 g/mol. The van der Waals surface area contributed by atoms with Crippen LogP contribution in [0.15, 0.2) is 22.6 Å². The van der Waals surface area contributed by atoms with Gasteiger partial charge in [-0.1, -0.05) is 17.7 Å². The molecule has 0 N–H and O–H groups in total. The lowest BCUT2D eigenvalue weighted by Gasteiger charge is -1.93. The summed E-state index contributed by atoms with van der Waals surface area (Å²) in [6, 6.07) is 0. The third-order valence-corrected chi connectivity index (χ3v) is 2.31. The van der Waals surface area contributed by atoms with Crippen molar-refractivity contribution < 1.29 is 0 Å². The number of thioether (sulfide) groups is 1. The summed E-state index contributed by atoms with van der Waals surface area (Å²) in [7, 11) is 0. The third-order valence-electron chi connectivity index (χ3n) is 1.10. The lowest BCUT2D eigenvalue weighted by Crippen LogP contribution is -1.68. The van der Waals surface area contributed by atoms with E-state index in [1.807, 2.05) is 11.8 Å². The fraction of sp³-hybridized carbons (Fsp3) is 0.429. The average molecular weight is 126 g/mol. The van der Waals surface area contributed by atoms with Crippen LogP contribution in [0.5, 0.6) is 0 Å². The zero-order valence-corrected chi connectivity index (χ0v) is 6.09. The first-order chi connectivity index (χ1) is 3.80. The second-order valence-electron chi connectivity index (χ2n) is 2.08. The highest BCUT2D eigenvalue weighted by Crippen LogP contribution is 2.26. The molecule has 1 aliphatic heterocycles. The summed E-state index contributed by atoms with van der Waals surface area (Å²) < 4.78 is 0. The highest BCUT2D eigenvalue weighted by atomic mass is 32.2. The van der Waals surface area contributed by atoms with E-state index in [2.05, 4.69) is 26.0 Å². The molecule has 0 unspecified atom stereocenters. The lowest BCUT2D eigenvalue weighted by atomic mass is 10.3. The molecule has 0 fully saturated rings. The van der Waals surface area contributed by atoms with Crippen LogP contribution in [0.1, 0.15) is 13.8 Å². The molecule has 0 bridgehead atoms. The predicted octanol–water partition coefficient (Wildman–Crippen LogP) is 2.58. The number of hydrogen-bond acceptors (Lipinski definition) is 1. The standard InChI is InChI=1S/C7H10S/c1-6(2)7-4-3-5-8-7/h3-4H,5H2,1-2H3. The van der Waals surface area contributed by atoms with Crippen molar-refractivity contribution >= 4 is 11.8 Å². The molecule has 0 spiro atoms. The Morgan fingerprint density at radius 2 is 2.38 bits per heavy atom. The van der Waals surface area contributed by atoms with Crippen LogP contribution in [0.2, 0.25) is 0 Å². The summed E-state index contributed by atoms with van der Waals surface area (Å²) in [5.41, 5.74) is 1.43. The molecule has 44 valence electrons. The monoisotopic (exact) mass is 126 g/mol. The zero-order valence-electron chi connectivity index (χ0n) is 5.27. The summed E-state index contributed by atoms with van der Waals surface area (Å²) in [6.07, 6.45) is 4.40. The van der Waals surface area contributed by atoms with E-state index in [0.29, 0.717) is 0 Å². The maximum absolute atomic E-state index is 2.20. The van der Waals surface area contributed by atoms with E-state index in [1.165, 1.54) is 16.2 Å². The molecule has 0 aromatic carbocycles. The Hall–Kier alpha value is -0.170. The molecule has 0 aromatic heterocycles. The van der Waals surface area contributed by atoms with Gasteiger partial charge in [-0.05, 0) is 13.8 Å². The van der Waals surface area contributed by atoms with Gasteiger partial charge in [0.05, 0.1) is 0 Å². The molecular formula is C7H10S. The van der Waals surface area contributed by atoms with E-state index < -0.39 is 0 Å². The Bertz CT molecular complexity index is 138. The second-order valence-corrected chi connectivity index (χ2v) is 3.14. The van der Waals surface area contributed by atoms with Crippen LogP contribution in [0.25, 0.3) is 0 Å². The molecule has 0 radical (unpaired) electrons. The van der Waals surface area contributed by atoms with Gasteiger partial charge in [-0.2, -0.15) is 0 Å². The lowest BCUT2D eigenvalue weighted by molar-refractivity contribution is 1.38. The normalized spacial score (nSPS) is 17.5. The van der Waals surface area contributed by atoms with Crippen LogP contribution >= 0.6 is 11.8 Å². The minimum Gasteiger partial charge on any atom is -0.122 e. The maximum atomic E-state index is 2.20. The van der Waals surface area contributed by atoms with Gasteiger partial charge in [0.25, 0.3) is 0 Å². The smallest absolute Gasteiger partial charge is 0.0164 e. The second kappa shape index (κ2) is 2.40. The van der Waals surface area contributed by atoms with E-state index in [0.717, 1.165) is 0 Å². The molecule has 8 heavy (non-hydrogen) atoms. The van der Waals surface area contributed by atoms with Crippen LogP contribution in [-0.2, 0) is 0 Å². The van der Waals surface area contributed by atoms with Crippen molar-refractivity contribution in [2.24, 2.45) is 0 Å². The van der Waals surface area contributed by atoms with Crippen LogP contribution in [0.3, 0.4) is 0 Å². The van der Waals surface area contributed by atoms with E-state index in [-0.39, 0.29) is 0 Å². The fourth-order valence-corrected chi connectivity index (χ4v) is 1.51. The molecule has 0 amide bonds. The van der Waals surface area contributed by atoms with E-state index in [9.17, 15) is 0 Å². The van der Waals surface area contributed by atoms with Gasteiger partial charge >= 0.3 is 0 Å². The Labute approximate surface area is 54.7 Å². The molecule has 1 heteroatoms. The van der Waals surface area contributed by atoms with Crippen molar-refractivity contribution in [3.8, 4) is 0 Å². The van der Waals surface area contributed by atoms with Gasteiger partial charge in [0, 0.05) is 10.7 Å². The van der Waals surface area contributed by atoms with E-state index in [4.69, 9.17) is 0 Å². The van der Waals surface area contributed by atoms with Crippen LogP contribution in [-0.4, -0.2) is 5.75 Å². The molecule has 0 saturated heterocycles. The van der Waals surface area contributed by atoms with Gasteiger partial charge in [-0.15, -0.1) is 11.8 Å². The Morgan fingerprint density at radius 3 is 2.62 bits per heavy atom. The Balaban J connectivity index is 2.73. The van der Waals surface area contributed by atoms with Gasteiger partial charge in [-0.25, -0.2) is 0 Å². The number of rotatable bonds is 0. The van der Waals surface area contributed by atoms with Gasteiger partial charge in [0.2, 0.25) is 0 Å². The van der Waals surface area contributed by atoms with Crippen molar-refractivity contribution in [1.82, 2.24) is 0 Å². The Morgan fingerprint density at radius 1 is 1.62 bits per heavy atom. The number of hydrogen-bond donors (Lipinski definition) is 0. The molecule has 1 rings (SSSR count). The Kier molecular flexibility index (Phi) is 1.79. The summed E-state index contributed by atoms with van der Waals surface area (Å²) in [5, 5.41) is 0. The third kappa shape index (κ3) is 1.16. The first-order valence-electron chi connectivity index (χ1n) is 2.77. The molecule has 0 aliphatic carbocycles. The maximum Gasteiger partial charge on any atom is 0.0164 e. The molecule has 1 heterocycles. The van der Waals surface area contributed by atoms with E-state index in [1.54, 1.807) is 0 Å². The summed E-state index contributed by atoms with van der Waals surface area (Å²) in [6.45, 7) is 4.30. The highest BCUT2D eigenvalue weighted by Gasteiger charge is 1.99.